The smallest absolute Gasteiger partial charge is 0.216 e. The summed E-state index contributed by atoms with van der Waals surface area (Å²) in [4.78, 5) is 23.9. The maximum atomic E-state index is 12.9. The third-order valence-electron chi connectivity index (χ3n) is 4.51. The van der Waals surface area contributed by atoms with E-state index in [0.29, 0.717) is 36.0 Å². The van der Waals surface area contributed by atoms with Crippen LogP contribution in [0.25, 0.3) is 5.69 Å². The summed E-state index contributed by atoms with van der Waals surface area (Å²) in [6, 6.07) is 15.0. The number of nitrogens with one attached hydrogen (secondary N) is 1. The van der Waals surface area contributed by atoms with Gasteiger partial charge in [-0.1, -0.05) is 48.2 Å². The van der Waals surface area contributed by atoms with Crippen molar-refractivity contribution in [1.29, 1.82) is 0 Å². The number of nitrogens with zero attached hydrogens (tertiary/aromatic N) is 4. The molecule has 2 aromatic carbocycles. The highest BCUT2D eigenvalue weighted by atomic mass is 32.2. The van der Waals surface area contributed by atoms with Crippen molar-refractivity contribution in [2.45, 2.75) is 37.6 Å². The summed E-state index contributed by atoms with van der Waals surface area (Å²) in [5.41, 5.74) is 2.40. The van der Waals surface area contributed by atoms with Gasteiger partial charge in [-0.25, -0.2) is 0 Å². The lowest BCUT2D eigenvalue weighted by atomic mass is 10.0. The zero-order valence-corrected chi connectivity index (χ0v) is 18.6. The highest BCUT2D eigenvalue weighted by Crippen LogP contribution is 2.29. The molecule has 0 bridgehead atoms. The average molecular weight is 440 g/mol. The number of ether oxygens (including phenoxy) is 1. The van der Waals surface area contributed by atoms with Crippen LogP contribution in [-0.2, 0) is 11.2 Å². The first-order valence-electron chi connectivity index (χ1n) is 10.0. The lowest BCUT2D eigenvalue weighted by Gasteiger charge is -2.13. The quantitative estimate of drug-likeness (QED) is 0.383. The largest absolute Gasteiger partial charge is 0.492 e. The Kier molecular flexibility index (Phi) is 7.77. The van der Waals surface area contributed by atoms with Crippen molar-refractivity contribution in [1.82, 2.24) is 25.5 Å². The molecule has 9 heteroatoms. The Morgan fingerprint density at radius 3 is 2.61 bits per heavy atom. The van der Waals surface area contributed by atoms with E-state index >= 15 is 0 Å². The molecule has 1 atom stereocenters. The second-order valence-corrected chi connectivity index (χ2v) is 8.14. The first kappa shape index (κ1) is 22.5. The fourth-order valence-electron chi connectivity index (χ4n) is 2.98. The number of ketones is 1. The summed E-state index contributed by atoms with van der Waals surface area (Å²) in [6.45, 7) is 6.34. The Bertz CT molecular complexity index is 1040. The van der Waals surface area contributed by atoms with Crippen LogP contribution in [0.2, 0.25) is 0 Å². The summed E-state index contributed by atoms with van der Waals surface area (Å²) in [6.07, 6.45) is 0.715. The zero-order valence-electron chi connectivity index (χ0n) is 17.7. The Balaban J connectivity index is 1.69. The minimum Gasteiger partial charge on any atom is -0.492 e. The number of carbonyl (C=O) groups excluding carboxylic acids is 2. The highest BCUT2D eigenvalue weighted by Gasteiger charge is 2.21. The molecule has 0 aliphatic rings. The van der Waals surface area contributed by atoms with Crippen LogP contribution < -0.4 is 10.1 Å². The van der Waals surface area contributed by atoms with Crippen LogP contribution in [0.15, 0.2) is 53.7 Å². The molecule has 1 amide bonds. The molecule has 0 fully saturated rings. The van der Waals surface area contributed by atoms with Crippen LogP contribution in [0, 0.1) is 0 Å². The molecule has 1 aromatic heterocycles. The molecular formula is C22H25N5O3S. The molecule has 1 unspecified atom stereocenters. The number of tetrazole rings is 1. The predicted molar refractivity (Wildman–Crippen MR) is 119 cm³/mol. The van der Waals surface area contributed by atoms with E-state index in [-0.39, 0.29) is 16.9 Å². The molecule has 1 N–H and O–H groups in total. The van der Waals surface area contributed by atoms with Gasteiger partial charge in [-0.2, -0.15) is 4.68 Å². The molecule has 0 aliphatic carbocycles. The number of amides is 1. The van der Waals surface area contributed by atoms with Gasteiger partial charge >= 0.3 is 0 Å². The van der Waals surface area contributed by atoms with Crippen molar-refractivity contribution >= 4 is 23.5 Å². The Morgan fingerprint density at radius 1 is 1.16 bits per heavy atom. The van der Waals surface area contributed by atoms with Gasteiger partial charge in [0.15, 0.2) is 5.78 Å². The van der Waals surface area contributed by atoms with Crippen molar-refractivity contribution in [3.63, 3.8) is 0 Å². The Morgan fingerprint density at radius 2 is 1.90 bits per heavy atom. The average Bonchev–Trinajstić information content (AvgIpc) is 3.22. The summed E-state index contributed by atoms with van der Waals surface area (Å²) < 4.78 is 7.26. The van der Waals surface area contributed by atoms with Crippen molar-refractivity contribution < 1.29 is 14.3 Å². The number of aromatic nitrogens is 4. The molecule has 162 valence electrons. The summed E-state index contributed by atoms with van der Waals surface area (Å²) in [5.74, 6) is 0.614. The fourth-order valence-corrected chi connectivity index (χ4v) is 3.86. The van der Waals surface area contributed by atoms with Crippen molar-refractivity contribution in [3.8, 4) is 11.4 Å². The molecule has 8 nitrogen and oxygen atoms in total. The molecule has 0 radical (unpaired) electrons. The standard InChI is InChI=1S/C22H25N5O3S/c1-4-30-20-8-6-5-7-19(20)27-22(24-25-26-27)31-15(2)21(29)18-11-9-17(10-12-18)13-14-23-16(3)28/h5-12,15H,4,13-14H2,1-3H3,(H,23,28). The zero-order chi connectivity index (χ0) is 22.2. The predicted octanol–water partition coefficient (Wildman–Crippen LogP) is 3.10. The SMILES string of the molecule is CCOc1ccccc1-n1nnnc1SC(C)C(=O)c1ccc(CCNC(C)=O)cc1. The molecule has 0 aliphatic heterocycles. The highest BCUT2D eigenvalue weighted by molar-refractivity contribution is 8.00. The third kappa shape index (κ3) is 5.91. The van der Waals surface area contributed by atoms with Gasteiger partial charge in [0.25, 0.3) is 0 Å². The molecule has 31 heavy (non-hydrogen) atoms. The lowest BCUT2D eigenvalue weighted by molar-refractivity contribution is -0.118. The number of hydrogen-bond acceptors (Lipinski definition) is 7. The van der Waals surface area contributed by atoms with Crippen LogP contribution in [0.1, 0.15) is 36.7 Å². The van der Waals surface area contributed by atoms with Crippen molar-refractivity contribution in [2.75, 3.05) is 13.2 Å². The summed E-state index contributed by atoms with van der Waals surface area (Å²) >= 11 is 1.30. The maximum Gasteiger partial charge on any atom is 0.216 e. The van der Waals surface area contributed by atoms with E-state index in [1.54, 1.807) is 4.68 Å². The Hall–Kier alpha value is -3.20. The number of carbonyl (C=O) groups is 2. The van der Waals surface area contributed by atoms with E-state index in [1.165, 1.54) is 18.7 Å². The summed E-state index contributed by atoms with van der Waals surface area (Å²) in [7, 11) is 0. The van der Waals surface area contributed by atoms with Crippen molar-refractivity contribution in [2.24, 2.45) is 0 Å². The molecule has 3 rings (SSSR count). The monoisotopic (exact) mass is 439 g/mol. The van der Waals surface area contributed by atoms with Gasteiger partial charge in [0.2, 0.25) is 11.1 Å². The summed E-state index contributed by atoms with van der Waals surface area (Å²) in [5, 5.41) is 14.9. The normalized spacial score (nSPS) is 11.7. The number of rotatable bonds is 10. The maximum absolute atomic E-state index is 12.9. The first-order chi connectivity index (χ1) is 15.0. The van der Waals surface area contributed by atoms with E-state index in [4.69, 9.17) is 4.74 Å². The molecule has 0 spiro atoms. The van der Waals surface area contributed by atoms with Gasteiger partial charge in [-0.15, -0.1) is 5.10 Å². The number of Topliss-reactive ketones (excluding diaryl/α,β-unsaturated/α-hetero) is 1. The van der Waals surface area contributed by atoms with Crippen LogP contribution in [0.5, 0.6) is 5.75 Å². The number of benzene rings is 2. The molecule has 0 saturated carbocycles. The van der Waals surface area contributed by atoms with Gasteiger partial charge in [0, 0.05) is 19.0 Å². The van der Waals surface area contributed by atoms with Gasteiger partial charge in [0.05, 0.1) is 11.9 Å². The van der Waals surface area contributed by atoms with E-state index in [9.17, 15) is 9.59 Å². The van der Waals surface area contributed by atoms with Gasteiger partial charge in [0.1, 0.15) is 11.4 Å². The number of thioether (sulfide) groups is 1. The van der Waals surface area contributed by atoms with Gasteiger partial charge in [-0.3, -0.25) is 9.59 Å². The lowest BCUT2D eigenvalue weighted by Crippen LogP contribution is -2.22. The minimum atomic E-state index is -0.380. The molecule has 3 aromatic rings. The third-order valence-corrected chi connectivity index (χ3v) is 5.54. The second-order valence-electron chi connectivity index (χ2n) is 6.83. The van der Waals surface area contributed by atoms with Gasteiger partial charge < -0.3 is 10.1 Å². The minimum absolute atomic E-state index is 0.00828. The molecule has 1 heterocycles. The fraction of sp³-hybridized carbons (Fsp3) is 0.318. The van der Waals surface area contributed by atoms with Crippen LogP contribution >= 0.6 is 11.8 Å². The van der Waals surface area contributed by atoms with Crippen LogP contribution in [0.4, 0.5) is 0 Å². The Labute approximate surface area is 185 Å². The second kappa shape index (κ2) is 10.7. The van der Waals surface area contributed by atoms with E-state index < -0.39 is 0 Å². The van der Waals surface area contributed by atoms with Crippen LogP contribution in [0.3, 0.4) is 0 Å². The van der Waals surface area contributed by atoms with E-state index in [0.717, 1.165) is 11.3 Å². The number of hydrogen-bond donors (Lipinski definition) is 1. The van der Waals surface area contributed by atoms with Crippen LogP contribution in [-0.4, -0.2) is 50.3 Å². The van der Waals surface area contributed by atoms with E-state index in [2.05, 4.69) is 20.8 Å². The van der Waals surface area contributed by atoms with E-state index in [1.807, 2.05) is 62.4 Å². The first-order valence-corrected chi connectivity index (χ1v) is 10.9. The molecule has 0 saturated heterocycles. The van der Waals surface area contributed by atoms with Crippen molar-refractivity contribution in [3.05, 3.63) is 59.7 Å². The van der Waals surface area contributed by atoms with Gasteiger partial charge in [-0.05, 0) is 48.4 Å². The molecular weight excluding hydrogens is 414 g/mol. The topological polar surface area (TPSA) is 99.0 Å². The number of para-hydroxylation sites is 2.